The summed E-state index contributed by atoms with van der Waals surface area (Å²) >= 11 is 5.88. The molecule has 0 aromatic heterocycles. The average Bonchev–Trinajstić information content (AvgIpc) is 2.85. The lowest BCUT2D eigenvalue weighted by atomic mass is 9.87. The van der Waals surface area contributed by atoms with Crippen molar-refractivity contribution in [2.24, 2.45) is 11.7 Å². The van der Waals surface area contributed by atoms with Crippen LogP contribution in [-0.2, 0) is 0 Å². The number of nitrogens with two attached hydrogens (primary N) is 1. The summed E-state index contributed by atoms with van der Waals surface area (Å²) < 4.78 is 0. The molecule has 1 aliphatic carbocycles. The quantitative estimate of drug-likeness (QED) is 0.860. The van der Waals surface area contributed by atoms with E-state index in [1.807, 2.05) is 24.3 Å². The number of rotatable bonds is 5. The molecule has 0 bridgehead atoms. The first-order chi connectivity index (χ1) is 8.70. The van der Waals surface area contributed by atoms with Gasteiger partial charge in [-0.05, 0) is 30.0 Å². The monoisotopic (exact) mass is 267 g/mol. The molecule has 0 heterocycles. The van der Waals surface area contributed by atoms with Gasteiger partial charge in [0.2, 0.25) is 0 Å². The minimum absolute atomic E-state index is 0.0304. The molecular formula is C15H22ClNO. The molecule has 0 radical (unpaired) electrons. The summed E-state index contributed by atoms with van der Waals surface area (Å²) in [7, 11) is 0. The highest BCUT2D eigenvalue weighted by Gasteiger charge is 2.25. The van der Waals surface area contributed by atoms with E-state index in [1.165, 1.54) is 25.7 Å². The Kier molecular flexibility index (Phi) is 5.04. The van der Waals surface area contributed by atoms with E-state index in [0.29, 0.717) is 12.5 Å². The van der Waals surface area contributed by atoms with Gasteiger partial charge in [-0.1, -0.05) is 49.4 Å². The van der Waals surface area contributed by atoms with Crippen molar-refractivity contribution < 1.29 is 5.11 Å². The standard InChI is InChI=1S/C15H22ClNO/c16-13-7-5-12(6-8-13)14(10-17)15(18)9-11-3-1-2-4-11/h5-8,11,14-15,18H,1-4,9-10,17H2. The van der Waals surface area contributed by atoms with E-state index >= 15 is 0 Å². The maximum atomic E-state index is 10.4. The van der Waals surface area contributed by atoms with Crippen LogP contribution in [0, 0.1) is 5.92 Å². The second kappa shape index (κ2) is 6.55. The summed E-state index contributed by atoms with van der Waals surface area (Å²) in [6.45, 7) is 0.482. The van der Waals surface area contributed by atoms with E-state index in [2.05, 4.69) is 0 Å². The summed E-state index contributed by atoms with van der Waals surface area (Å²) in [5.41, 5.74) is 6.92. The molecule has 2 atom stereocenters. The van der Waals surface area contributed by atoms with Crippen LogP contribution in [0.5, 0.6) is 0 Å². The molecule has 3 heteroatoms. The zero-order valence-electron chi connectivity index (χ0n) is 10.7. The second-order valence-corrected chi connectivity index (χ2v) is 5.78. The fourth-order valence-corrected chi connectivity index (χ4v) is 3.10. The molecular weight excluding hydrogens is 246 g/mol. The maximum absolute atomic E-state index is 10.4. The van der Waals surface area contributed by atoms with Gasteiger partial charge in [-0.2, -0.15) is 0 Å². The minimum atomic E-state index is -0.334. The topological polar surface area (TPSA) is 46.2 Å². The lowest BCUT2D eigenvalue weighted by molar-refractivity contribution is 0.116. The first-order valence-electron chi connectivity index (χ1n) is 6.84. The Hall–Kier alpha value is -0.570. The van der Waals surface area contributed by atoms with Crippen LogP contribution in [0.15, 0.2) is 24.3 Å². The van der Waals surface area contributed by atoms with Crippen LogP contribution >= 0.6 is 11.6 Å². The highest BCUT2D eigenvalue weighted by molar-refractivity contribution is 6.30. The number of hydrogen-bond donors (Lipinski definition) is 2. The maximum Gasteiger partial charge on any atom is 0.0623 e. The predicted octanol–water partition coefficient (Wildman–Crippen LogP) is 3.32. The van der Waals surface area contributed by atoms with Crippen LogP contribution in [0.2, 0.25) is 5.02 Å². The highest BCUT2D eigenvalue weighted by atomic mass is 35.5. The van der Waals surface area contributed by atoms with Gasteiger partial charge in [-0.25, -0.2) is 0 Å². The first-order valence-corrected chi connectivity index (χ1v) is 7.22. The van der Waals surface area contributed by atoms with Crippen molar-refractivity contribution >= 4 is 11.6 Å². The summed E-state index contributed by atoms with van der Waals surface area (Å²) in [6, 6.07) is 7.67. The van der Waals surface area contributed by atoms with Crippen molar-refractivity contribution in [1.82, 2.24) is 0 Å². The molecule has 1 aliphatic rings. The Labute approximate surface area is 114 Å². The second-order valence-electron chi connectivity index (χ2n) is 5.35. The van der Waals surface area contributed by atoms with Gasteiger partial charge >= 0.3 is 0 Å². The highest BCUT2D eigenvalue weighted by Crippen LogP contribution is 2.32. The summed E-state index contributed by atoms with van der Waals surface area (Å²) in [5, 5.41) is 11.1. The van der Waals surface area contributed by atoms with Gasteiger partial charge < -0.3 is 10.8 Å². The van der Waals surface area contributed by atoms with Gasteiger partial charge in [0.05, 0.1) is 6.10 Å². The third kappa shape index (κ3) is 3.47. The number of halogens is 1. The number of hydrogen-bond acceptors (Lipinski definition) is 2. The Bertz CT molecular complexity index is 359. The molecule has 0 spiro atoms. The third-order valence-electron chi connectivity index (χ3n) is 4.07. The van der Waals surface area contributed by atoms with Gasteiger partial charge in [0.1, 0.15) is 0 Å². The molecule has 1 aromatic rings. The van der Waals surface area contributed by atoms with E-state index < -0.39 is 0 Å². The molecule has 0 saturated heterocycles. The van der Waals surface area contributed by atoms with Crippen LogP contribution in [0.3, 0.4) is 0 Å². The van der Waals surface area contributed by atoms with E-state index in [4.69, 9.17) is 17.3 Å². The van der Waals surface area contributed by atoms with Crippen molar-refractivity contribution in [1.29, 1.82) is 0 Å². The Morgan fingerprint density at radius 2 is 1.83 bits per heavy atom. The van der Waals surface area contributed by atoms with Gasteiger partial charge in [0.25, 0.3) is 0 Å². The summed E-state index contributed by atoms with van der Waals surface area (Å²) in [6.07, 6.45) is 5.69. The average molecular weight is 268 g/mol. The van der Waals surface area contributed by atoms with E-state index in [0.717, 1.165) is 17.0 Å². The summed E-state index contributed by atoms with van der Waals surface area (Å²) in [5.74, 6) is 0.712. The molecule has 1 aromatic carbocycles. The Morgan fingerprint density at radius 3 is 2.39 bits per heavy atom. The molecule has 0 aliphatic heterocycles. The SMILES string of the molecule is NCC(c1ccc(Cl)cc1)C(O)CC1CCCC1. The lowest BCUT2D eigenvalue weighted by Crippen LogP contribution is -2.27. The van der Waals surface area contributed by atoms with E-state index in [9.17, 15) is 5.11 Å². The fraction of sp³-hybridized carbons (Fsp3) is 0.600. The van der Waals surface area contributed by atoms with E-state index in [-0.39, 0.29) is 12.0 Å². The van der Waals surface area contributed by atoms with Crippen LogP contribution in [-0.4, -0.2) is 17.8 Å². The number of aliphatic hydroxyl groups excluding tert-OH is 1. The molecule has 2 unspecified atom stereocenters. The smallest absolute Gasteiger partial charge is 0.0623 e. The first kappa shape index (κ1) is 13.9. The van der Waals surface area contributed by atoms with Crippen LogP contribution < -0.4 is 5.73 Å². The van der Waals surface area contributed by atoms with Gasteiger partial charge in [0, 0.05) is 17.5 Å². The van der Waals surface area contributed by atoms with Crippen molar-refractivity contribution in [3.05, 3.63) is 34.9 Å². The Morgan fingerprint density at radius 1 is 1.22 bits per heavy atom. The van der Waals surface area contributed by atoms with E-state index in [1.54, 1.807) is 0 Å². The predicted molar refractivity (Wildman–Crippen MR) is 75.8 cm³/mol. The van der Waals surface area contributed by atoms with Crippen LogP contribution in [0.25, 0.3) is 0 Å². The largest absolute Gasteiger partial charge is 0.392 e. The molecule has 2 rings (SSSR count). The summed E-state index contributed by atoms with van der Waals surface area (Å²) in [4.78, 5) is 0. The fourth-order valence-electron chi connectivity index (χ4n) is 2.98. The molecule has 3 N–H and O–H groups in total. The zero-order chi connectivity index (χ0) is 13.0. The molecule has 1 fully saturated rings. The van der Waals surface area contributed by atoms with Gasteiger partial charge in [0.15, 0.2) is 0 Å². The van der Waals surface area contributed by atoms with Crippen molar-refractivity contribution in [2.45, 2.75) is 44.1 Å². The zero-order valence-corrected chi connectivity index (χ0v) is 11.4. The number of benzene rings is 1. The van der Waals surface area contributed by atoms with Crippen molar-refractivity contribution in [3.63, 3.8) is 0 Å². The molecule has 0 amide bonds. The van der Waals surface area contributed by atoms with Crippen LogP contribution in [0.4, 0.5) is 0 Å². The van der Waals surface area contributed by atoms with Crippen molar-refractivity contribution in [3.8, 4) is 0 Å². The number of aliphatic hydroxyl groups is 1. The molecule has 2 nitrogen and oxygen atoms in total. The van der Waals surface area contributed by atoms with Gasteiger partial charge in [-0.3, -0.25) is 0 Å². The minimum Gasteiger partial charge on any atom is -0.392 e. The van der Waals surface area contributed by atoms with Crippen LogP contribution in [0.1, 0.15) is 43.6 Å². The normalized spacial score (nSPS) is 19.9. The third-order valence-corrected chi connectivity index (χ3v) is 4.32. The van der Waals surface area contributed by atoms with Crippen molar-refractivity contribution in [2.75, 3.05) is 6.54 Å². The Balaban J connectivity index is 2.00. The molecule has 18 heavy (non-hydrogen) atoms. The van der Waals surface area contributed by atoms with Gasteiger partial charge in [-0.15, -0.1) is 0 Å². The molecule has 100 valence electrons. The lowest BCUT2D eigenvalue weighted by Gasteiger charge is -2.24. The molecule has 1 saturated carbocycles.